The van der Waals surface area contributed by atoms with Gasteiger partial charge in [0, 0.05) is 27.4 Å². The van der Waals surface area contributed by atoms with Crippen LogP contribution in [0, 0.1) is 5.82 Å². The van der Waals surface area contributed by atoms with Crippen LogP contribution in [-0.2, 0) is 13.0 Å². The molecule has 0 spiro atoms. The first kappa shape index (κ1) is 13.0. The van der Waals surface area contributed by atoms with E-state index in [0.717, 1.165) is 16.8 Å². The molecule has 4 heteroatoms. The minimum atomic E-state index is -0.249. The molecule has 0 bridgehead atoms. The fourth-order valence-electron chi connectivity index (χ4n) is 1.97. The van der Waals surface area contributed by atoms with Gasteiger partial charge in [0.05, 0.1) is 12.1 Å². The first-order chi connectivity index (χ1) is 8.52. The van der Waals surface area contributed by atoms with Gasteiger partial charge < -0.3 is 10.3 Å². The van der Waals surface area contributed by atoms with E-state index in [1.807, 2.05) is 19.9 Å². The Kier molecular flexibility index (Phi) is 3.62. The molecule has 96 valence electrons. The van der Waals surface area contributed by atoms with Gasteiger partial charge in [0.15, 0.2) is 5.82 Å². The number of fused-ring (bicyclic) bond motifs is 1. The monoisotopic (exact) mass is 266 g/mol. The summed E-state index contributed by atoms with van der Waals surface area (Å²) in [6.07, 6.45) is 0.582. The Morgan fingerprint density at radius 2 is 2.22 bits per heavy atom. The molecule has 2 nitrogen and oxygen atoms in total. The number of halogens is 2. The molecule has 0 aliphatic heterocycles. The van der Waals surface area contributed by atoms with Crippen LogP contribution in [0.4, 0.5) is 4.39 Å². The molecular weight excluding hydrogens is 251 g/mol. The molecule has 2 rings (SSSR count). The van der Waals surface area contributed by atoms with E-state index in [1.165, 1.54) is 0 Å². The molecule has 2 N–H and O–H groups in total. The van der Waals surface area contributed by atoms with Crippen molar-refractivity contribution >= 4 is 22.5 Å². The number of hydrogen-bond acceptors (Lipinski definition) is 1. The highest BCUT2D eigenvalue weighted by atomic mass is 35.5. The summed E-state index contributed by atoms with van der Waals surface area (Å²) in [4.78, 5) is 3.08. The van der Waals surface area contributed by atoms with E-state index in [9.17, 15) is 4.39 Å². The zero-order valence-corrected chi connectivity index (χ0v) is 11.3. The number of aromatic amines is 1. The molecule has 0 fully saturated rings. The molecule has 0 aliphatic carbocycles. The first-order valence-electron chi connectivity index (χ1n) is 5.90. The largest absolute Gasteiger partial charge is 0.383 e. The van der Waals surface area contributed by atoms with E-state index in [4.69, 9.17) is 11.6 Å². The Morgan fingerprint density at radius 3 is 2.83 bits per heavy atom. The van der Waals surface area contributed by atoms with Crippen molar-refractivity contribution in [2.75, 3.05) is 0 Å². The molecule has 0 saturated carbocycles. The van der Waals surface area contributed by atoms with Crippen molar-refractivity contribution in [3.63, 3.8) is 0 Å². The number of hydrogen-bond donors (Lipinski definition) is 2. The van der Waals surface area contributed by atoms with Gasteiger partial charge in [0.2, 0.25) is 0 Å². The van der Waals surface area contributed by atoms with Crippen molar-refractivity contribution in [3.8, 4) is 0 Å². The lowest BCUT2D eigenvalue weighted by molar-refractivity contribution is 0.621. The number of rotatable bonds is 4. The van der Waals surface area contributed by atoms with Crippen LogP contribution in [0.25, 0.3) is 10.9 Å². The average molecular weight is 267 g/mol. The van der Waals surface area contributed by atoms with Gasteiger partial charge in [0.25, 0.3) is 0 Å². The van der Waals surface area contributed by atoms with Gasteiger partial charge in [-0.3, -0.25) is 0 Å². The first-order valence-corrected chi connectivity index (χ1v) is 6.28. The van der Waals surface area contributed by atoms with Crippen LogP contribution in [0.15, 0.2) is 24.4 Å². The molecule has 2 aromatic rings. The van der Waals surface area contributed by atoms with Crippen molar-refractivity contribution in [2.24, 2.45) is 0 Å². The molecule has 0 amide bonds. The Bertz CT molecular complexity index is 601. The van der Waals surface area contributed by atoms with Gasteiger partial charge in [-0.05, 0) is 25.5 Å². The summed E-state index contributed by atoms with van der Waals surface area (Å²) in [6.45, 7) is 8.14. The maximum atomic E-state index is 14.2. The van der Waals surface area contributed by atoms with Crippen LogP contribution in [0.3, 0.4) is 0 Å². The normalized spacial score (nSPS) is 10.9. The predicted octanol–water partition coefficient (Wildman–Crippen LogP) is 4.15. The van der Waals surface area contributed by atoms with Crippen molar-refractivity contribution in [1.82, 2.24) is 10.3 Å². The third-order valence-corrected chi connectivity index (χ3v) is 3.23. The van der Waals surface area contributed by atoms with Gasteiger partial charge in [0.1, 0.15) is 0 Å². The summed E-state index contributed by atoms with van der Waals surface area (Å²) in [6, 6.07) is 3.71. The lowest BCUT2D eigenvalue weighted by Crippen LogP contribution is -2.09. The van der Waals surface area contributed by atoms with E-state index < -0.39 is 0 Å². The number of benzene rings is 1. The fraction of sp³-hybridized carbons (Fsp3) is 0.286. The average Bonchev–Trinajstić information content (AvgIpc) is 2.70. The van der Waals surface area contributed by atoms with Crippen LogP contribution in [0.1, 0.15) is 25.1 Å². The predicted molar refractivity (Wildman–Crippen MR) is 74.3 cm³/mol. The Morgan fingerprint density at radius 1 is 1.50 bits per heavy atom. The standard InChI is InChI=1S/C14H16ClFN2/c1-4-11-12(15)6-9-5-10(7-17-8(2)3)18-14(9)13(11)16/h5-6,17-18H,2,4,7H2,1,3H3. The number of H-pyrrole nitrogens is 1. The highest BCUT2D eigenvalue weighted by molar-refractivity contribution is 6.32. The van der Waals surface area contributed by atoms with Crippen LogP contribution in [-0.4, -0.2) is 4.98 Å². The van der Waals surface area contributed by atoms with Gasteiger partial charge in [-0.2, -0.15) is 0 Å². The molecule has 0 saturated heterocycles. The molecule has 0 aliphatic rings. The maximum absolute atomic E-state index is 14.2. The van der Waals surface area contributed by atoms with Crippen molar-refractivity contribution in [1.29, 1.82) is 0 Å². The smallest absolute Gasteiger partial charge is 0.151 e. The summed E-state index contributed by atoms with van der Waals surface area (Å²) in [5.74, 6) is -0.249. The molecular formula is C14H16ClFN2. The van der Waals surface area contributed by atoms with E-state index in [1.54, 1.807) is 6.07 Å². The van der Waals surface area contributed by atoms with Crippen LogP contribution >= 0.6 is 11.6 Å². The zero-order valence-electron chi connectivity index (χ0n) is 10.5. The minimum absolute atomic E-state index is 0.249. The second-order valence-corrected chi connectivity index (χ2v) is 4.80. The van der Waals surface area contributed by atoms with Crippen molar-refractivity contribution in [3.05, 3.63) is 46.5 Å². The summed E-state index contributed by atoms with van der Waals surface area (Å²) >= 11 is 6.06. The Balaban J connectivity index is 2.44. The number of nitrogens with one attached hydrogen (secondary N) is 2. The summed E-state index contributed by atoms with van der Waals surface area (Å²) in [7, 11) is 0. The molecule has 0 atom stereocenters. The summed E-state index contributed by atoms with van der Waals surface area (Å²) < 4.78 is 14.2. The maximum Gasteiger partial charge on any atom is 0.151 e. The Labute approximate surface area is 111 Å². The quantitative estimate of drug-likeness (QED) is 0.855. The van der Waals surface area contributed by atoms with Crippen molar-refractivity contribution < 1.29 is 4.39 Å². The fourth-order valence-corrected chi connectivity index (χ4v) is 2.30. The lowest BCUT2D eigenvalue weighted by atomic mass is 10.1. The summed E-state index contributed by atoms with van der Waals surface area (Å²) in [5.41, 5.74) is 2.87. The van der Waals surface area contributed by atoms with Crippen LogP contribution in [0.5, 0.6) is 0 Å². The number of allylic oxidation sites excluding steroid dienone is 1. The van der Waals surface area contributed by atoms with Crippen LogP contribution < -0.4 is 5.32 Å². The molecule has 0 radical (unpaired) electrons. The van der Waals surface area contributed by atoms with E-state index in [2.05, 4.69) is 16.9 Å². The SMILES string of the molecule is C=C(C)NCc1cc2cc(Cl)c(CC)c(F)c2[nH]1. The second-order valence-electron chi connectivity index (χ2n) is 4.40. The van der Waals surface area contributed by atoms with Gasteiger partial charge in [-0.1, -0.05) is 25.1 Å². The lowest BCUT2D eigenvalue weighted by Gasteiger charge is -2.04. The highest BCUT2D eigenvalue weighted by Crippen LogP contribution is 2.28. The topological polar surface area (TPSA) is 27.8 Å². The van der Waals surface area contributed by atoms with Crippen LogP contribution in [0.2, 0.25) is 5.02 Å². The molecule has 18 heavy (non-hydrogen) atoms. The number of aromatic nitrogens is 1. The second kappa shape index (κ2) is 5.02. The van der Waals surface area contributed by atoms with Crippen molar-refractivity contribution in [2.45, 2.75) is 26.8 Å². The summed E-state index contributed by atoms with van der Waals surface area (Å²) in [5, 5.41) is 4.39. The molecule has 1 aromatic carbocycles. The van der Waals surface area contributed by atoms with Gasteiger partial charge in [-0.15, -0.1) is 0 Å². The third-order valence-electron chi connectivity index (χ3n) is 2.89. The minimum Gasteiger partial charge on any atom is -0.383 e. The van der Waals surface area contributed by atoms with E-state index in [0.29, 0.717) is 29.1 Å². The third kappa shape index (κ3) is 2.36. The molecule has 0 unspecified atom stereocenters. The molecule has 1 heterocycles. The van der Waals surface area contributed by atoms with Gasteiger partial charge in [-0.25, -0.2) is 4.39 Å². The Hall–Kier alpha value is -1.48. The van der Waals surface area contributed by atoms with E-state index >= 15 is 0 Å². The highest BCUT2D eigenvalue weighted by Gasteiger charge is 2.13. The molecule has 1 aromatic heterocycles. The van der Waals surface area contributed by atoms with Gasteiger partial charge >= 0.3 is 0 Å². The van der Waals surface area contributed by atoms with E-state index in [-0.39, 0.29) is 5.82 Å². The zero-order chi connectivity index (χ0) is 13.3.